The molecule has 0 fully saturated rings. The van der Waals surface area contributed by atoms with Gasteiger partial charge in [0.05, 0.1) is 12.0 Å². The fourth-order valence-corrected chi connectivity index (χ4v) is 2.30. The quantitative estimate of drug-likeness (QED) is 0.327. The number of carbonyl (C=O) groups is 2. The highest BCUT2D eigenvalue weighted by Gasteiger charge is 2.24. The van der Waals surface area contributed by atoms with Crippen LogP contribution in [-0.2, 0) is 20.7 Å². The first kappa shape index (κ1) is 21.4. The molecule has 0 spiro atoms. The third-order valence-electron chi connectivity index (χ3n) is 3.53. The number of aryl methyl sites for hydroxylation is 1. The second-order valence-electron chi connectivity index (χ2n) is 6.89. The van der Waals surface area contributed by atoms with Crippen molar-refractivity contribution in [3.8, 4) is 0 Å². The van der Waals surface area contributed by atoms with Gasteiger partial charge in [-0.15, -0.1) is 0 Å². The molecule has 26 heavy (non-hydrogen) atoms. The number of nitro benzene ring substituents is 1. The number of unbranched alkanes of at least 4 members (excludes halogenated alkanes) is 1. The zero-order valence-electron chi connectivity index (χ0n) is 15.6. The molecular weight excluding hydrogens is 340 g/mol. The Morgan fingerprint density at radius 2 is 1.81 bits per heavy atom. The van der Waals surface area contributed by atoms with Crippen LogP contribution >= 0.6 is 0 Å². The summed E-state index contributed by atoms with van der Waals surface area (Å²) >= 11 is 0. The first-order chi connectivity index (χ1) is 12.1. The number of rotatable bonds is 8. The van der Waals surface area contributed by atoms with Gasteiger partial charge in [-0.05, 0) is 45.6 Å². The molecular formula is C18H26N2O6. The summed E-state index contributed by atoms with van der Waals surface area (Å²) in [6.45, 7) is 5.22. The van der Waals surface area contributed by atoms with Crippen molar-refractivity contribution in [3.05, 3.63) is 39.9 Å². The first-order valence-electron chi connectivity index (χ1n) is 8.43. The predicted octanol–water partition coefficient (Wildman–Crippen LogP) is 3.37. The molecule has 1 aromatic rings. The van der Waals surface area contributed by atoms with Crippen molar-refractivity contribution in [1.82, 2.24) is 5.32 Å². The number of nitro groups is 1. The number of hydrogen-bond donors (Lipinski definition) is 1. The van der Waals surface area contributed by atoms with Crippen molar-refractivity contribution in [2.45, 2.75) is 58.1 Å². The molecule has 1 aromatic carbocycles. The van der Waals surface area contributed by atoms with Gasteiger partial charge in [0.2, 0.25) is 0 Å². The Bertz CT molecular complexity index is 622. The summed E-state index contributed by atoms with van der Waals surface area (Å²) in [6.07, 6.45) is 1.91. The lowest BCUT2D eigenvalue weighted by Gasteiger charge is -2.22. The number of benzene rings is 1. The monoisotopic (exact) mass is 366 g/mol. The van der Waals surface area contributed by atoms with Crippen LogP contribution in [0.5, 0.6) is 0 Å². The maximum atomic E-state index is 11.8. The Morgan fingerprint density at radius 3 is 2.31 bits per heavy atom. The van der Waals surface area contributed by atoms with Crippen molar-refractivity contribution >= 4 is 17.7 Å². The minimum atomic E-state index is -0.772. The van der Waals surface area contributed by atoms with E-state index in [0.29, 0.717) is 12.8 Å². The lowest BCUT2D eigenvalue weighted by atomic mass is 10.0. The van der Waals surface area contributed by atoms with Gasteiger partial charge in [0.15, 0.2) is 0 Å². The molecule has 0 aliphatic carbocycles. The summed E-state index contributed by atoms with van der Waals surface area (Å²) in [7, 11) is 1.27. The summed E-state index contributed by atoms with van der Waals surface area (Å²) < 4.78 is 9.88. The van der Waals surface area contributed by atoms with Crippen LogP contribution in [0.25, 0.3) is 0 Å². The molecule has 1 N–H and O–H groups in total. The largest absolute Gasteiger partial charge is 0.467 e. The Morgan fingerprint density at radius 1 is 1.19 bits per heavy atom. The standard InChI is InChI=1S/C18H26N2O6/c1-18(2,3)26-17(22)19-15(16(21)25-4)8-6-5-7-13-9-11-14(12-10-13)20(23)24/h9-12,15H,5-8H2,1-4H3,(H,19,22)/t15-/m0/s1. The lowest BCUT2D eigenvalue weighted by molar-refractivity contribution is -0.384. The molecule has 144 valence electrons. The zero-order valence-corrected chi connectivity index (χ0v) is 15.6. The van der Waals surface area contributed by atoms with E-state index < -0.39 is 28.6 Å². The minimum absolute atomic E-state index is 0.0565. The molecule has 0 aromatic heterocycles. The summed E-state index contributed by atoms with van der Waals surface area (Å²) in [4.78, 5) is 33.9. The number of nitrogens with one attached hydrogen (secondary N) is 1. The number of amides is 1. The first-order valence-corrected chi connectivity index (χ1v) is 8.43. The molecule has 0 heterocycles. The third kappa shape index (κ3) is 7.96. The second-order valence-corrected chi connectivity index (χ2v) is 6.89. The number of carbonyl (C=O) groups excluding carboxylic acids is 2. The van der Waals surface area contributed by atoms with Gasteiger partial charge in [-0.1, -0.05) is 18.6 Å². The molecule has 0 saturated carbocycles. The van der Waals surface area contributed by atoms with E-state index in [4.69, 9.17) is 9.47 Å². The van der Waals surface area contributed by atoms with E-state index in [9.17, 15) is 19.7 Å². The van der Waals surface area contributed by atoms with E-state index in [1.165, 1.54) is 19.2 Å². The molecule has 8 nitrogen and oxygen atoms in total. The molecule has 0 aliphatic rings. The van der Waals surface area contributed by atoms with Crippen LogP contribution in [0.3, 0.4) is 0 Å². The lowest BCUT2D eigenvalue weighted by Crippen LogP contribution is -2.44. The summed E-state index contributed by atoms with van der Waals surface area (Å²) in [6, 6.07) is 5.60. The summed E-state index contributed by atoms with van der Waals surface area (Å²) in [5.74, 6) is -0.522. The van der Waals surface area contributed by atoms with Crippen molar-refractivity contribution in [2.24, 2.45) is 0 Å². The van der Waals surface area contributed by atoms with Crippen molar-refractivity contribution in [2.75, 3.05) is 7.11 Å². The number of hydrogen-bond acceptors (Lipinski definition) is 6. The molecule has 0 aliphatic heterocycles. The van der Waals surface area contributed by atoms with Gasteiger partial charge >= 0.3 is 12.1 Å². The van der Waals surface area contributed by atoms with Crippen molar-refractivity contribution < 1.29 is 24.0 Å². The van der Waals surface area contributed by atoms with Crippen LogP contribution < -0.4 is 5.32 Å². The smallest absolute Gasteiger partial charge is 0.408 e. The number of methoxy groups -OCH3 is 1. The Kier molecular flexibility index (Phi) is 8.02. The van der Waals surface area contributed by atoms with Gasteiger partial charge in [-0.2, -0.15) is 0 Å². The zero-order chi connectivity index (χ0) is 19.7. The molecule has 1 amide bonds. The third-order valence-corrected chi connectivity index (χ3v) is 3.53. The van der Waals surface area contributed by atoms with E-state index in [2.05, 4.69) is 5.32 Å². The Labute approximate surface area is 153 Å². The van der Waals surface area contributed by atoms with Crippen LogP contribution in [0.4, 0.5) is 10.5 Å². The van der Waals surface area contributed by atoms with Crippen LogP contribution in [-0.4, -0.2) is 35.7 Å². The van der Waals surface area contributed by atoms with E-state index in [-0.39, 0.29) is 5.69 Å². The molecule has 0 saturated heterocycles. The summed E-state index contributed by atoms with van der Waals surface area (Å²) in [5.41, 5.74) is 0.382. The number of ether oxygens (including phenoxy) is 2. The Balaban J connectivity index is 2.47. The number of nitrogens with zero attached hydrogens (tertiary/aromatic N) is 1. The molecule has 1 atom stereocenters. The normalized spacial score (nSPS) is 12.2. The van der Waals surface area contributed by atoms with Gasteiger partial charge in [-0.3, -0.25) is 10.1 Å². The van der Waals surface area contributed by atoms with E-state index >= 15 is 0 Å². The van der Waals surface area contributed by atoms with Gasteiger partial charge in [-0.25, -0.2) is 9.59 Å². The van der Waals surface area contributed by atoms with Crippen LogP contribution in [0.1, 0.15) is 45.6 Å². The highest BCUT2D eigenvalue weighted by atomic mass is 16.6. The Hall–Kier alpha value is -2.64. The fraction of sp³-hybridized carbons (Fsp3) is 0.556. The second kappa shape index (κ2) is 9.74. The van der Waals surface area contributed by atoms with Crippen LogP contribution in [0.15, 0.2) is 24.3 Å². The fourth-order valence-electron chi connectivity index (χ4n) is 2.30. The maximum Gasteiger partial charge on any atom is 0.408 e. The van der Waals surface area contributed by atoms with Crippen molar-refractivity contribution in [1.29, 1.82) is 0 Å². The van der Waals surface area contributed by atoms with Crippen LogP contribution in [0.2, 0.25) is 0 Å². The van der Waals surface area contributed by atoms with Gasteiger partial charge < -0.3 is 14.8 Å². The number of alkyl carbamates (subject to hydrolysis) is 1. The molecule has 0 radical (unpaired) electrons. The average Bonchev–Trinajstić information content (AvgIpc) is 2.55. The SMILES string of the molecule is COC(=O)[C@H](CCCCc1ccc([N+](=O)[O-])cc1)NC(=O)OC(C)(C)C. The van der Waals surface area contributed by atoms with Crippen molar-refractivity contribution in [3.63, 3.8) is 0 Å². The average molecular weight is 366 g/mol. The van der Waals surface area contributed by atoms with E-state index in [1.54, 1.807) is 32.9 Å². The molecule has 0 unspecified atom stereocenters. The number of non-ortho nitro benzene ring substituents is 1. The van der Waals surface area contributed by atoms with E-state index in [1.807, 2.05) is 0 Å². The molecule has 8 heteroatoms. The maximum absolute atomic E-state index is 11.8. The highest BCUT2D eigenvalue weighted by Crippen LogP contribution is 2.15. The topological polar surface area (TPSA) is 108 Å². The predicted molar refractivity (Wildman–Crippen MR) is 95.8 cm³/mol. The molecule has 0 bridgehead atoms. The van der Waals surface area contributed by atoms with Gasteiger partial charge in [0, 0.05) is 12.1 Å². The van der Waals surface area contributed by atoms with Gasteiger partial charge in [0.25, 0.3) is 5.69 Å². The highest BCUT2D eigenvalue weighted by molar-refractivity contribution is 5.81. The van der Waals surface area contributed by atoms with Crippen LogP contribution in [0, 0.1) is 10.1 Å². The van der Waals surface area contributed by atoms with E-state index in [0.717, 1.165) is 18.4 Å². The molecule has 1 rings (SSSR count). The number of esters is 1. The van der Waals surface area contributed by atoms with Gasteiger partial charge in [0.1, 0.15) is 11.6 Å². The minimum Gasteiger partial charge on any atom is -0.467 e. The summed E-state index contributed by atoms with van der Waals surface area (Å²) in [5, 5.41) is 13.2.